The summed E-state index contributed by atoms with van der Waals surface area (Å²) >= 11 is 1.28. The molecule has 0 fully saturated rings. The van der Waals surface area contributed by atoms with E-state index in [-0.39, 0.29) is 0 Å². The summed E-state index contributed by atoms with van der Waals surface area (Å²) in [5.41, 5.74) is 0.889. The van der Waals surface area contributed by atoms with Crippen molar-refractivity contribution in [2.24, 2.45) is 0 Å². The molecule has 0 spiro atoms. The molecule has 2 nitrogen and oxygen atoms in total. The minimum absolute atomic E-state index is 0.399. The summed E-state index contributed by atoms with van der Waals surface area (Å²) in [5, 5.41) is 0. The first-order valence-electron chi connectivity index (χ1n) is 5.93. The fraction of sp³-hybridized carbons (Fsp3) is 0.200. The van der Waals surface area contributed by atoms with Gasteiger partial charge in [-0.25, -0.2) is 8.78 Å². The van der Waals surface area contributed by atoms with Crippen molar-refractivity contribution in [2.45, 2.75) is 10.6 Å². The zero-order valence-corrected chi connectivity index (χ0v) is 12.0. The summed E-state index contributed by atoms with van der Waals surface area (Å²) in [4.78, 5) is 0.399. The highest BCUT2D eigenvalue weighted by atomic mass is 32.2. The molecule has 5 heteroatoms. The molecule has 0 amide bonds. The minimum Gasteiger partial charge on any atom is -0.497 e. The summed E-state index contributed by atoms with van der Waals surface area (Å²) in [6.45, 7) is 0. The molecule has 20 heavy (non-hydrogen) atoms. The predicted molar refractivity (Wildman–Crippen MR) is 75.5 cm³/mol. The maximum Gasteiger partial charge on any atom is 0.139 e. The average Bonchev–Trinajstić information content (AvgIpc) is 2.46. The fourth-order valence-corrected chi connectivity index (χ4v) is 2.64. The summed E-state index contributed by atoms with van der Waals surface area (Å²) in [5.74, 6) is 0.785. The highest BCUT2D eigenvalue weighted by Crippen LogP contribution is 2.32. The van der Waals surface area contributed by atoms with Gasteiger partial charge in [0.2, 0.25) is 0 Å². The summed E-state index contributed by atoms with van der Waals surface area (Å²) < 4.78 is 36.8. The zero-order valence-electron chi connectivity index (χ0n) is 11.2. The van der Waals surface area contributed by atoms with Gasteiger partial charge in [0.1, 0.15) is 23.1 Å². The highest BCUT2D eigenvalue weighted by molar-refractivity contribution is 7.98. The standard InChI is InChI=1S/C15H14F2O2S/c1-18-12-4-5-14(19-2)10(7-12)9-20-15-6-3-11(16)8-13(15)17/h3-8H,9H2,1-2H3. The normalized spacial score (nSPS) is 10.4. The van der Waals surface area contributed by atoms with Crippen molar-refractivity contribution in [1.82, 2.24) is 0 Å². The van der Waals surface area contributed by atoms with Gasteiger partial charge in [0.15, 0.2) is 0 Å². The Morgan fingerprint density at radius 3 is 2.45 bits per heavy atom. The predicted octanol–water partition coefficient (Wildman–Crippen LogP) is 4.27. The van der Waals surface area contributed by atoms with Crippen LogP contribution in [0.4, 0.5) is 8.78 Å². The van der Waals surface area contributed by atoms with E-state index in [1.165, 1.54) is 23.9 Å². The van der Waals surface area contributed by atoms with E-state index in [1.54, 1.807) is 26.4 Å². The maximum atomic E-state index is 13.6. The van der Waals surface area contributed by atoms with Crippen LogP contribution in [-0.2, 0) is 5.75 Å². The van der Waals surface area contributed by atoms with Crippen LogP contribution in [0.1, 0.15) is 5.56 Å². The fourth-order valence-electron chi connectivity index (χ4n) is 1.74. The van der Waals surface area contributed by atoms with E-state index in [1.807, 2.05) is 6.07 Å². The number of halogens is 2. The first-order valence-corrected chi connectivity index (χ1v) is 6.91. The van der Waals surface area contributed by atoms with Crippen LogP contribution >= 0.6 is 11.8 Å². The molecule has 0 unspecified atom stereocenters. The van der Waals surface area contributed by atoms with Crippen LogP contribution < -0.4 is 9.47 Å². The Hall–Kier alpha value is -1.75. The number of benzene rings is 2. The number of hydrogen-bond acceptors (Lipinski definition) is 3. The second-order valence-electron chi connectivity index (χ2n) is 4.04. The van der Waals surface area contributed by atoms with Gasteiger partial charge in [-0.05, 0) is 30.3 Å². The van der Waals surface area contributed by atoms with Crippen LogP contribution in [0.5, 0.6) is 11.5 Å². The molecule has 0 saturated carbocycles. The monoisotopic (exact) mass is 296 g/mol. The van der Waals surface area contributed by atoms with Crippen molar-refractivity contribution in [3.8, 4) is 11.5 Å². The molecule has 0 aromatic heterocycles. The Morgan fingerprint density at radius 1 is 1.00 bits per heavy atom. The lowest BCUT2D eigenvalue weighted by atomic mass is 10.2. The van der Waals surface area contributed by atoms with Crippen LogP contribution in [0.25, 0.3) is 0 Å². The van der Waals surface area contributed by atoms with Crippen LogP contribution in [-0.4, -0.2) is 14.2 Å². The van der Waals surface area contributed by atoms with E-state index < -0.39 is 11.6 Å². The molecule has 0 N–H and O–H groups in total. The third kappa shape index (κ3) is 3.42. The van der Waals surface area contributed by atoms with Gasteiger partial charge in [0.05, 0.1) is 14.2 Å². The molecule has 2 rings (SSSR count). The van der Waals surface area contributed by atoms with Crippen LogP contribution in [0.2, 0.25) is 0 Å². The lowest BCUT2D eigenvalue weighted by Gasteiger charge is -2.10. The van der Waals surface area contributed by atoms with Gasteiger partial charge in [0, 0.05) is 22.3 Å². The third-order valence-electron chi connectivity index (χ3n) is 2.76. The van der Waals surface area contributed by atoms with E-state index in [0.717, 1.165) is 11.6 Å². The van der Waals surface area contributed by atoms with Crippen LogP contribution in [0.3, 0.4) is 0 Å². The van der Waals surface area contributed by atoms with E-state index >= 15 is 0 Å². The highest BCUT2D eigenvalue weighted by Gasteiger charge is 2.09. The first kappa shape index (κ1) is 14.7. The van der Waals surface area contributed by atoms with E-state index in [4.69, 9.17) is 9.47 Å². The SMILES string of the molecule is COc1ccc(OC)c(CSc2ccc(F)cc2F)c1. The molecule has 0 saturated heterocycles. The second kappa shape index (κ2) is 6.61. The van der Waals surface area contributed by atoms with E-state index in [0.29, 0.717) is 22.1 Å². The molecule has 106 valence electrons. The third-order valence-corrected chi connectivity index (χ3v) is 3.86. The topological polar surface area (TPSA) is 18.5 Å². The van der Waals surface area contributed by atoms with Gasteiger partial charge in [-0.3, -0.25) is 0 Å². The first-order chi connectivity index (χ1) is 9.63. The second-order valence-corrected chi connectivity index (χ2v) is 5.06. The smallest absolute Gasteiger partial charge is 0.139 e. The average molecular weight is 296 g/mol. The Morgan fingerprint density at radius 2 is 1.80 bits per heavy atom. The molecule has 0 aliphatic carbocycles. The van der Waals surface area contributed by atoms with Crippen molar-refractivity contribution in [1.29, 1.82) is 0 Å². The van der Waals surface area contributed by atoms with Crippen LogP contribution in [0.15, 0.2) is 41.3 Å². The maximum absolute atomic E-state index is 13.6. The number of methoxy groups -OCH3 is 2. The van der Waals surface area contributed by atoms with E-state index in [9.17, 15) is 8.78 Å². The molecular formula is C15H14F2O2S. The molecular weight excluding hydrogens is 282 g/mol. The molecule has 0 heterocycles. The molecule has 0 atom stereocenters. The number of ether oxygens (including phenoxy) is 2. The molecule has 0 aliphatic heterocycles. The summed E-state index contributed by atoms with van der Waals surface area (Å²) in [7, 11) is 3.16. The molecule has 0 aliphatic rings. The van der Waals surface area contributed by atoms with Gasteiger partial charge in [-0.1, -0.05) is 0 Å². The number of thioether (sulfide) groups is 1. The lowest BCUT2D eigenvalue weighted by molar-refractivity contribution is 0.400. The van der Waals surface area contributed by atoms with E-state index in [2.05, 4.69) is 0 Å². The van der Waals surface area contributed by atoms with Gasteiger partial charge in [-0.2, -0.15) is 0 Å². The molecule has 2 aromatic rings. The van der Waals surface area contributed by atoms with Gasteiger partial charge in [0.25, 0.3) is 0 Å². The Labute approximate surface area is 120 Å². The molecule has 2 aromatic carbocycles. The quantitative estimate of drug-likeness (QED) is 0.768. The Bertz CT molecular complexity index is 602. The van der Waals surface area contributed by atoms with Gasteiger partial charge < -0.3 is 9.47 Å². The van der Waals surface area contributed by atoms with Crippen LogP contribution in [0, 0.1) is 11.6 Å². The molecule has 0 bridgehead atoms. The van der Waals surface area contributed by atoms with Gasteiger partial charge >= 0.3 is 0 Å². The van der Waals surface area contributed by atoms with Crippen molar-refractivity contribution in [3.05, 3.63) is 53.6 Å². The van der Waals surface area contributed by atoms with Crippen molar-refractivity contribution >= 4 is 11.8 Å². The summed E-state index contributed by atoms with van der Waals surface area (Å²) in [6.07, 6.45) is 0. The number of hydrogen-bond donors (Lipinski definition) is 0. The molecule has 0 radical (unpaired) electrons. The van der Waals surface area contributed by atoms with Gasteiger partial charge in [-0.15, -0.1) is 11.8 Å². The Kier molecular flexibility index (Phi) is 4.84. The Balaban J connectivity index is 2.17. The lowest BCUT2D eigenvalue weighted by Crippen LogP contribution is -1.93. The number of rotatable bonds is 5. The minimum atomic E-state index is -0.578. The van der Waals surface area contributed by atoms with Crippen molar-refractivity contribution in [3.63, 3.8) is 0 Å². The summed E-state index contributed by atoms with van der Waals surface area (Å²) in [6, 6.07) is 9.00. The largest absolute Gasteiger partial charge is 0.497 e. The van der Waals surface area contributed by atoms with Crippen molar-refractivity contribution < 1.29 is 18.3 Å². The zero-order chi connectivity index (χ0) is 14.5. The van der Waals surface area contributed by atoms with Crippen molar-refractivity contribution in [2.75, 3.05) is 14.2 Å².